The molecule has 0 bridgehead atoms. The Morgan fingerprint density at radius 2 is 0.864 bits per heavy atom. The number of rotatable bonds is 8. The van der Waals surface area contributed by atoms with E-state index in [1.54, 1.807) is 0 Å². The SMILES string of the molecule is Cc1ccc(NC(=O)Nc2ccc(C)c(C(=O)N=C3C=C(S(=O)(=O)[O-])Cc4cc(S(=O)(=O)[O-])cc(O)c43)c2)cc1C(=O)N=C1C=C(S(=O)(=O)[O-])Cc2cc(S(=O)(=O)[O-])cc(O)c21.[Na+].[Na+].[Na+].[Na+]. The van der Waals surface area contributed by atoms with E-state index in [9.17, 15) is 76.5 Å². The Kier molecular flexibility index (Phi) is 20.4. The number of aryl methyl sites for hydroxylation is 2. The van der Waals surface area contributed by atoms with Crippen LogP contribution in [0.4, 0.5) is 16.2 Å². The molecule has 0 saturated carbocycles. The average Bonchev–Trinajstić information content (AvgIpc) is 3.14. The van der Waals surface area contributed by atoms with E-state index < -0.39 is 114 Å². The second-order valence-electron chi connectivity index (χ2n) is 13.6. The summed E-state index contributed by atoms with van der Waals surface area (Å²) in [6.07, 6.45) is -0.0180. The maximum atomic E-state index is 13.5. The third kappa shape index (κ3) is 13.9. The minimum Gasteiger partial charge on any atom is -0.744 e. The molecule has 0 aliphatic heterocycles. The summed E-state index contributed by atoms with van der Waals surface area (Å²) in [5.74, 6) is -3.85. The average molecular weight is 1020 g/mol. The molecule has 66 heavy (non-hydrogen) atoms. The van der Waals surface area contributed by atoms with Gasteiger partial charge in [-0.05, 0) is 96.8 Å². The van der Waals surface area contributed by atoms with Crippen molar-refractivity contribution >= 4 is 81.1 Å². The van der Waals surface area contributed by atoms with Gasteiger partial charge in [0.05, 0.1) is 21.2 Å². The smallest absolute Gasteiger partial charge is 0.744 e. The zero-order valence-corrected chi connectivity index (χ0v) is 46.7. The standard InChI is InChI=1S/C37H30N4O17S4.4Na/c1-17-3-5-21(11-27(17)35(44)40-29-13-23(59(47,48)49)7-19-9-25(61(53,54)55)15-31(42)33(19)29)38-37(46)39-22-6-4-18(2)28(12-22)36(45)41-30-14-24(60(50,51)52)8-20-10-26(62(56,57)58)16-32(43)34(20)30;;;;/h3-6,9-16,42-43H,7-8H2,1-2H3,(H2,38,39,46)(H,47,48,49)(H,50,51,52)(H,53,54,55)(H,56,57,58);;;;/q;4*+1/p-4. The van der Waals surface area contributed by atoms with Crippen LogP contribution in [0.25, 0.3) is 0 Å². The van der Waals surface area contributed by atoms with Crippen molar-refractivity contribution in [2.45, 2.75) is 36.5 Å². The molecule has 4 aromatic rings. The Morgan fingerprint density at radius 1 is 0.530 bits per heavy atom. The molecule has 4 aromatic carbocycles. The zero-order valence-electron chi connectivity index (χ0n) is 35.4. The monoisotopic (exact) mass is 1020 g/mol. The maximum Gasteiger partial charge on any atom is 1.00 e. The zero-order chi connectivity index (χ0) is 45.9. The molecule has 4 amide bonds. The van der Waals surface area contributed by atoms with Crippen LogP contribution in [0.15, 0.2) is 102 Å². The number of allylic oxidation sites excluding steroid dienone is 4. The van der Waals surface area contributed by atoms with E-state index in [0.717, 1.165) is 12.1 Å². The summed E-state index contributed by atoms with van der Waals surface area (Å²) in [4.78, 5) is 44.3. The van der Waals surface area contributed by atoms with Crippen LogP contribution in [0.3, 0.4) is 0 Å². The second kappa shape index (κ2) is 22.5. The topological polar surface area (TPSA) is 369 Å². The third-order valence-electron chi connectivity index (χ3n) is 9.30. The molecule has 2 aliphatic carbocycles. The first-order valence-corrected chi connectivity index (χ1v) is 22.8. The van der Waals surface area contributed by atoms with E-state index in [0.29, 0.717) is 24.3 Å². The third-order valence-corrected chi connectivity index (χ3v) is 12.7. The van der Waals surface area contributed by atoms with Crippen LogP contribution in [-0.4, -0.2) is 91.4 Å². The van der Waals surface area contributed by atoms with Gasteiger partial charge in [0.15, 0.2) is 0 Å². The number of anilines is 2. The number of carbonyl (C=O) groups excluding carboxylic acids is 3. The van der Waals surface area contributed by atoms with Crippen molar-refractivity contribution < 1.29 is 195 Å². The predicted octanol–water partition coefficient (Wildman–Crippen LogP) is -9.59. The summed E-state index contributed by atoms with van der Waals surface area (Å²) in [6.45, 7) is 2.95. The predicted molar refractivity (Wildman–Crippen MR) is 212 cm³/mol. The van der Waals surface area contributed by atoms with Crippen molar-refractivity contribution in [3.8, 4) is 11.5 Å². The number of nitrogens with one attached hydrogen (secondary N) is 2. The number of phenolic OH excluding ortho intramolecular Hbond substituents is 2. The van der Waals surface area contributed by atoms with E-state index in [-0.39, 0.29) is 174 Å². The van der Waals surface area contributed by atoms with Crippen LogP contribution in [0.2, 0.25) is 0 Å². The number of amides is 4. The molecule has 0 spiro atoms. The molecule has 0 radical (unpaired) electrons. The van der Waals surface area contributed by atoms with Crippen LogP contribution in [0.5, 0.6) is 11.5 Å². The number of urea groups is 1. The molecule has 0 unspecified atom stereocenters. The molecule has 0 heterocycles. The molecule has 6 rings (SSSR count). The fourth-order valence-electron chi connectivity index (χ4n) is 6.39. The largest absolute Gasteiger partial charge is 1.00 e. The fraction of sp³-hybridized carbons (Fsp3) is 0.108. The molecule has 0 fully saturated rings. The minimum absolute atomic E-state index is 0. The molecule has 4 N–H and O–H groups in total. The molecule has 0 saturated heterocycles. The van der Waals surface area contributed by atoms with Crippen LogP contribution in [0, 0.1) is 13.8 Å². The van der Waals surface area contributed by atoms with E-state index in [1.165, 1.54) is 50.2 Å². The van der Waals surface area contributed by atoms with E-state index in [4.69, 9.17) is 0 Å². The van der Waals surface area contributed by atoms with Gasteiger partial charge in [-0.25, -0.2) is 48.5 Å². The molecular formula is C37H26N4Na4O17S4. The number of hydrogen-bond acceptors (Lipinski definition) is 17. The first-order chi connectivity index (χ1) is 28.6. The summed E-state index contributed by atoms with van der Waals surface area (Å²) in [6, 6.07) is 9.59. The van der Waals surface area contributed by atoms with Crippen molar-refractivity contribution in [1.29, 1.82) is 0 Å². The van der Waals surface area contributed by atoms with E-state index in [1.807, 2.05) is 0 Å². The van der Waals surface area contributed by atoms with Crippen molar-refractivity contribution in [3.05, 3.63) is 127 Å². The van der Waals surface area contributed by atoms with E-state index in [2.05, 4.69) is 20.6 Å². The van der Waals surface area contributed by atoms with Gasteiger partial charge in [-0.3, -0.25) is 9.59 Å². The van der Waals surface area contributed by atoms with Gasteiger partial charge in [0.1, 0.15) is 52.0 Å². The first-order valence-electron chi connectivity index (χ1n) is 17.1. The van der Waals surface area contributed by atoms with E-state index >= 15 is 0 Å². The van der Waals surface area contributed by atoms with Gasteiger partial charge in [-0.15, -0.1) is 0 Å². The van der Waals surface area contributed by atoms with Crippen molar-refractivity contribution in [2.75, 3.05) is 10.6 Å². The molecule has 0 aromatic heterocycles. The van der Waals surface area contributed by atoms with Gasteiger partial charge in [0.2, 0.25) is 0 Å². The second-order valence-corrected chi connectivity index (χ2v) is 19.2. The Labute approximate surface area is 465 Å². The number of aromatic hydroxyl groups is 2. The van der Waals surface area contributed by atoms with Crippen LogP contribution < -0.4 is 129 Å². The van der Waals surface area contributed by atoms with Crippen molar-refractivity contribution in [1.82, 2.24) is 0 Å². The normalized spacial score (nSPS) is 14.6. The Balaban J connectivity index is 0.00000374. The Morgan fingerprint density at radius 3 is 1.17 bits per heavy atom. The molecular weight excluding hydrogens is 993 g/mol. The maximum absolute atomic E-state index is 13.5. The summed E-state index contributed by atoms with van der Waals surface area (Å²) >= 11 is 0. The van der Waals surface area contributed by atoms with Gasteiger partial charge in [-0.1, -0.05) is 12.1 Å². The number of phenols is 2. The quantitative estimate of drug-likeness (QED) is 0.0940. The number of carbonyl (C=O) groups is 3. The van der Waals surface area contributed by atoms with Crippen LogP contribution in [0.1, 0.15) is 54.1 Å². The number of benzene rings is 4. The molecule has 324 valence electrons. The molecule has 29 heteroatoms. The van der Waals surface area contributed by atoms with Crippen LogP contribution >= 0.6 is 0 Å². The number of fused-ring (bicyclic) bond motifs is 2. The molecule has 21 nitrogen and oxygen atoms in total. The van der Waals surface area contributed by atoms with Gasteiger partial charge >= 0.3 is 124 Å². The number of hydrogen-bond donors (Lipinski definition) is 4. The van der Waals surface area contributed by atoms with Gasteiger partial charge < -0.3 is 39.1 Å². The first kappa shape index (κ1) is 59.7. The fourth-order valence-corrected chi connectivity index (χ4v) is 8.65. The van der Waals surface area contributed by atoms with Crippen LogP contribution in [-0.2, 0) is 53.3 Å². The number of aliphatic imine (C=N–C) groups is 2. The Bertz CT molecular complexity index is 3090. The summed E-state index contributed by atoms with van der Waals surface area (Å²) < 4.78 is 141. The van der Waals surface area contributed by atoms with Gasteiger partial charge in [0, 0.05) is 56.3 Å². The molecule has 2 aliphatic rings. The Hall–Kier alpha value is -2.45. The van der Waals surface area contributed by atoms with Gasteiger partial charge in [0.25, 0.3) is 11.8 Å². The molecule has 0 atom stereocenters. The summed E-state index contributed by atoms with van der Waals surface area (Å²) in [7, 11) is -20.7. The summed E-state index contributed by atoms with van der Waals surface area (Å²) in [5, 5.41) is 26.1. The minimum atomic E-state index is -5.20. The van der Waals surface area contributed by atoms with Gasteiger partial charge in [-0.2, -0.15) is 0 Å². The van der Waals surface area contributed by atoms with Crippen molar-refractivity contribution in [2.24, 2.45) is 9.98 Å². The summed E-state index contributed by atoms with van der Waals surface area (Å²) in [5.41, 5.74) is -2.16. The van der Waals surface area contributed by atoms with Crippen molar-refractivity contribution in [3.63, 3.8) is 0 Å². The number of nitrogens with zero attached hydrogens (tertiary/aromatic N) is 2.